The summed E-state index contributed by atoms with van der Waals surface area (Å²) in [7, 11) is 0. The molecule has 0 amide bonds. The predicted molar refractivity (Wildman–Crippen MR) is 71.5 cm³/mol. The minimum Gasteiger partial charge on any atom is -0.336 e. The van der Waals surface area contributed by atoms with Crippen molar-refractivity contribution in [1.29, 1.82) is 0 Å². The summed E-state index contributed by atoms with van der Waals surface area (Å²) < 4.78 is 15.0. The van der Waals surface area contributed by atoms with Crippen LogP contribution in [0.3, 0.4) is 0 Å². The second-order valence-electron chi connectivity index (χ2n) is 4.69. The molecule has 3 rings (SSSR count). The number of rotatable bonds is 4. The number of aromatic nitrogens is 3. The van der Waals surface area contributed by atoms with E-state index in [0.717, 1.165) is 24.3 Å². The van der Waals surface area contributed by atoms with Gasteiger partial charge in [0.25, 0.3) is 0 Å². The number of likely N-dealkylation sites (tertiary alicyclic amines) is 1. The van der Waals surface area contributed by atoms with Crippen molar-refractivity contribution in [2.75, 3.05) is 19.6 Å². The second-order valence-corrected chi connectivity index (χ2v) is 5.10. The predicted octanol–water partition coefficient (Wildman–Crippen LogP) is 2.44. The molecule has 1 aliphatic heterocycles. The molecule has 4 nitrogen and oxygen atoms in total. The van der Waals surface area contributed by atoms with Gasteiger partial charge in [-0.2, -0.15) is 4.39 Å². The van der Waals surface area contributed by atoms with Gasteiger partial charge in [-0.3, -0.25) is 0 Å². The van der Waals surface area contributed by atoms with E-state index in [1.807, 2.05) is 10.8 Å². The number of nitrogens with zero attached hydrogens (tertiary/aromatic N) is 4. The van der Waals surface area contributed by atoms with Crippen LogP contribution in [-0.2, 0) is 6.54 Å². The van der Waals surface area contributed by atoms with Crippen LogP contribution in [0.15, 0.2) is 24.8 Å². The van der Waals surface area contributed by atoms with Crippen LogP contribution >= 0.6 is 11.6 Å². The van der Waals surface area contributed by atoms with Crippen LogP contribution in [0.25, 0.3) is 11.3 Å². The number of hydrogen-bond donors (Lipinski definition) is 0. The normalized spacial score (nSPS) is 15.5. The van der Waals surface area contributed by atoms with Gasteiger partial charge in [0.15, 0.2) is 0 Å². The molecule has 0 spiro atoms. The maximum absolute atomic E-state index is 13.0. The molecule has 0 saturated carbocycles. The standard InChI is InChI=1S/C13H14ClFN4/c14-11-6-10(7-16-13(11)15)12-8-19(9-17-12)5-4-18-2-1-3-18/h6-9H,1-5H2. The molecule has 2 aromatic rings. The maximum atomic E-state index is 13.0. The number of imidazole rings is 1. The first-order valence-corrected chi connectivity index (χ1v) is 6.66. The van der Waals surface area contributed by atoms with Gasteiger partial charge in [-0.1, -0.05) is 11.6 Å². The summed E-state index contributed by atoms with van der Waals surface area (Å²) in [4.78, 5) is 10.3. The van der Waals surface area contributed by atoms with Gasteiger partial charge in [0.05, 0.1) is 17.0 Å². The Balaban J connectivity index is 1.70. The molecule has 0 bridgehead atoms. The summed E-state index contributed by atoms with van der Waals surface area (Å²) in [6.45, 7) is 4.34. The van der Waals surface area contributed by atoms with Crippen molar-refractivity contribution < 1.29 is 4.39 Å². The van der Waals surface area contributed by atoms with Gasteiger partial charge in [-0.15, -0.1) is 0 Å². The lowest BCUT2D eigenvalue weighted by Gasteiger charge is -2.30. The molecule has 100 valence electrons. The molecular formula is C13H14ClFN4. The quantitative estimate of drug-likeness (QED) is 0.807. The molecule has 3 heterocycles. The first-order chi connectivity index (χ1) is 9.22. The number of pyridine rings is 1. The van der Waals surface area contributed by atoms with E-state index in [9.17, 15) is 4.39 Å². The molecule has 1 fully saturated rings. The maximum Gasteiger partial charge on any atom is 0.231 e. The molecule has 0 aliphatic carbocycles. The van der Waals surface area contributed by atoms with Crippen LogP contribution in [0, 0.1) is 5.95 Å². The lowest BCUT2D eigenvalue weighted by molar-refractivity contribution is 0.174. The Labute approximate surface area is 115 Å². The van der Waals surface area contributed by atoms with E-state index in [1.54, 1.807) is 12.4 Å². The third kappa shape index (κ3) is 2.77. The fourth-order valence-electron chi connectivity index (χ4n) is 2.05. The lowest BCUT2D eigenvalue weighted by Crippen LogP contribution is -2.39. The Morgan fingerprint density at radius 2 is 2.11 bits per heavy atom. The summed E-state index contributed by atoms with van der Waals surface area (Å²) in [6.07, 6.45) is 6.47. The van der Waals surface area contributed by atoms with Crippen LogP contribution in [0.2, 0.25) is 5.02 Å². The lowest BCUT2D eigenvalue weighted by atomic mass is 10.2. The van der Waals surface area contributed by atoms with Gasteiger partial charge in [0, 0.05) is 31.0 Å². The molecule has 1 saturated heterocycles. The average Bonchev–Trinajstić information content (AvgIpc) is 2.79. The fraction of sp³-hybridized carbons (Fsp3) is 0.385. The molecule has 6 heteroatoms. The highest BCUT2D eigenvalue weighted by molar-refractivity contribution is 6.30. The Kier molecular flexibility index (Phi) is 3.48. The largest absolute Gasteiger partial charge is 0.336 e. The molecule has 0 N–H and O–H groups in total. The second kappa shape index (κ2) is 5.27. The molecule has 1 aliphatic rings. The van der Waals surface area contributed by atoms with Gasteiger partial charge in [-0.25, -0.2) is 9.97 Å². The van der Waals surface area contributed by atoms with E-state index >= 15 is 0 Å². The minimum absolute atomic E-state index is 0.0210. The van der Waals surface area contributed by atoms with Crippen LogP contribution in [-0.4, -0.2) is 39.1 Å². The Bertz CT molecular complexity index is 580. The first-order valence-electron chi connectivity index (χ1n) is 6.28. The Morgan fingerprint density at radius 1 is 1.26 bits per heavy atom. The molecule has 0 unspecified atom stereocenters. The van der Waals surface area contributed by atoms with Crippen molar-refractivity contribution in [3.8, 4) is 11.3 Å². The summed E-state index contributed by atoms with van der Waals surface area (Å²) in [5.41, 5.74) is 1.49. The van der Waals surface area contributed by atoms with Crippen molar-refractivity contribution in [3.63, 3.8) is 0 Å². The first kappa shape index (κ1) is 12.6. The van der Waals surface area contributed by atoms with Crippen LogP contribution in [0.4, 0.5) is 4.39 Å². The molecule has 0 atom stereocenters. The van der Waals surface area contributed by atoms with E-state index in [2.05, 4.69) is 14.9 Å². The molecule has 0 radical (unpaired) electrons. The smallest absolute Gasteiger partial charge is 0.231 e. The van der Waals surface area contributed by atoms with Crippen molar-refractivity contribution in [1.82, 2.24) is 19.4 Å². The monoisotopic (exact) mass is 280 g/mol. The zero-order chi connectivity index (χ0) is 13.2. The zero-order valence-electron chi connectivity index (χ0n) is 10.4. The SMILES string of the molecule is Fc1ncc(-c2cn(CCN3CCC3)cn2)cc1Cl. The van der Waals surface area contributed by atoms with E-state index < -0.39 is 5.95 Å². The fourth-order valence-corrected chi connectivity index (χ4v) is 2.22. The molecule has 19 heavy (non-hydrogen) atoms. The van der Waals surface area contributed by atoms with Gasteiger partial charge < -0.3 is 9.47 Å². The number of halogens is 2. The Morgan fingerprint density at radius 3 is 2.79 bits per heavy atom. The number of hydrogen-bond acceptors (Lipinski definition) is 3. The zero-order valence-corrected chi connectivity index (χ0v) is 11.1. The van der Waals surface area contributed by atoms with E-state index in [1.165, 1.54) is 25.7 Å². The van der Waals surface area contributed by atoms with Gasteiger partial charge in [0.1, 0.15) is 0 Å². The van der Waals surface area contributed by atoms with Gasteiger partial charge in [-0.05, 0) is 25.6 Å². The third-order valence-electron chi connectivity index (χ3n) is 3.35. The van der Waals surface area contributed by atoms with Crippen molar-refractivity contribution in [2.45, 2.75) is 13.0 Å². The van der Waals surface area contributed by atoms with Gasteiger partial charge >= 0.3 is 0 Å². The van der Waals surface area contributed by atoms with Crippen LogP contribution in [0.5, 0.6) is 0 Å². The molecule has 2 aromatic heterocycles. The van der Waals surface area contributed by atoms with E-state index in [-0.39, 0.29) is 5.02 Å². The summed E-state index contributed by atoms with van der Waals surface area (Å²) in [5, 5.41) is 0.0210. The van der Waals surface area contributed by atoms with E-state index in [4.69, 9.17) is 11.6 Å². The van der Waals surface area contributed by atoms with Crippen molar-refractivity contribution in [2.24, 2.45) is 0 Å². The highest BCUT2D eigenvalue weighted by atomic mass is 35.5. The summed E-state index contributed by atoms with van der Waals surface area (Å²) in [5.74, 6) is -0.650. The molecule has 0 aromatic carbocycles. The average molecular weight is 281 g/mol. The Hall–Kier alpha value is -1.46. The minimum atomic E-state index is -0.650. The van der Waals surface area contributed by atoms with Crippen LogP contribution < -0.4 is 0 Å². The summed E-state index contributed by atoms with van der Waals surface area (Å²) in [6, 6.07) is 1.55. The third-order valence-corrected chi connectivity index (χ3v) is 3.61. The topological polar surface area (TPSA) is 34.0 Å². The summed E-state index contributed by atoms with van der Waals surface area (Å²) >= 11 is 5.72. The van der Waals surface area contributed by atoms with Crippen molar-refractivity contribution >= 4 is 11.6 Å². The van der Waals surface area contributed by atoms with Crippen molar-refractivity contribution in [3.05, 3.63) is 35.8 Å². The highest BCUT2D eigenvalue weighted by Gasteiger charge is 2.13. The van der Waals surface area contributed by atoms with Gasteiger partial charge in [0.2, 0.25) is 5.95 Å². The van der Waals surface area contributed by atoms with Crippen LogP contribution in [0.1, 0.15) is 6.42 Å². The van der Waals surface area contributed by atoms with E-state index in [0.29, 0.717) is 0 Å². The highest BCUT2D eigenvalue weighted by Crippen LogP contribution is 2.21. The molecular weight excluding hydrogens is 267 g/mol.